The van der Waals surface area contributed by atoms with Crippen LogP contribution in [0.2, 0.25) is 5.02 Å². The van der Waals surface area contributed by atoms with Crippen LogP contribution in [-0.4, -0.2) is 21.1 Å². The number of halogens is 1. The van der Waals surface area contributed by atoms with Crippen LogP contribution in [0.1, 0.15) is 21.5 Å². The second kappa shape index (κ2) is 8.46. The van der Waals surface area contributed by atoms with E-state index in [0.29, 0.717) is 32.3 Å². The Hall–Kier alpha value is -2.89. The SMILES string of the molecule is Cc1ccc(C)c(C(=O)CSc2nc3ccccc3c(=O)n2-c2cccc(Cl)c2)c1. The fraction of sp³-hybridized carbons (Fsp3) is 0.125. The Morgan fingerprint density at radius 3 is 2.63 bits per heavy atom. The second-order valence-corrected chi connectivity index (χ2v) is 8.44. The summed E-state index contributed by atoms with van der Waals surface area (Å²) in [6, 6.07) is 20.1. The summed E-state index contributed by atoms with van der Waals surface area (Å²) in [6.07, 6.45) is 0. The maximum atomic E-state index is 13.3. The van der Waals surface area contributed by atoms with Crippen LogP contribution in [0, 0.1) is 13.8 Å². The van der Waals surface area contributed by atoms with E-state index in [4.69, 9.17) is 11.6 Å². The minimum Gasteiger partial charge on any atom is -0.293 e. The van der Waals surface area contributed by atoms with Gasteiger partial charge in [-0.05, 0) is 55.8 Å². The highest BCUT2D eigenvalue weighted by Gasteiger charge is 2.16. The van der Waals surface area contributed by atoms with E-state index in [2.05, 4.69) is 4.98 Å². The summed E-state index contributed by atoms with van der Waals surface area (Å²) in [7, 11) is 0. The van der Waals surface area contributed by atoms with Crippen molar-refractivity contribution in [2.45, 2.75) is 19.0 Å². The second-order valence-electron chi connectivity index (χ2n) is 7.06. The molecule has 0 atom stereocenters. The number of para-hydroxylation sites is 1. The number of carbonyl (C=O) groups excluding carboxylic acids is 1. The third-order valence-corrected chi connectivity index (χ3v) is 6.01. The summed E-state index contributed by atoms with van der Waals surface area (Å²) in [5.41, 5.74) is 3.69. The van der Waals surface area contributed by atoms with E-state index in [1.165, 1.54) is 16.3 Å². The summed E-state index contributed by atoms with van der Waals surface area (Å²) >= 11 is 7.41. The van der Waals surface area contributed by atoms with Crippen molar-refractivity contribution in [3.63, 3.8) is 0 Å². The molecule has 0 aliphatic heterocycles. The first-order valence-electron chi connectivity index (χ1n) is 9.45. The number of ketones is 1. The lowest BCUT2D eigenvalue weighted by Gasteiger charge is -2.13. The Morgan fingerprint density at radius 1 is 1.03 bits per heavy atom. The van der Waals surface area contributed by atoms with Crippen molar-refractivity contribution < 1.29 is 4.79 Å². The van der Waals surface area contributed by atoms with Crippen molar-refractivity contribution in [1.82, 2.24) is 9.55 Å². The predicted molar refractivity (Wildman–Crippen MR) is 123 cm³/mol. The van der Waals surface area contributed by atoms with Gasteiger partial charge in [0.2, 0.25) is 0 Å². The van der Waals surface area contributed by atoms with Crippen LogP contribution < -0.4 is 5.56 Å². The molecule has 0 saturated carbocycles. The molecule has 150 valence electrons. The fourth-order valence-corrected chi connectivity index (χ4v) is 4.38. The number of hydrogen-bond acceptors (Lipinski definition) is 4. The normalized spacial score (nSPS) is 11.0. The summed E-state index contributed by atoms with van der Waals surface area (Å²) in [4.78, 5) is 30.8. The molecule has 0 unspecified atom stereocenters. The van der Waals surface area contributed by atoms with Crippen LogP contribution in [0.4, 0.5) is 0 Å². The van der Waals surface area contributed by atoms with Gasteiger partial charge in [-0.3, -0.25) is 14.2 Å². The summed E-state index contributed by atoms with van der Waals surface area (Å²) in [5, 5.41) is 1.50. The third-order valence-electron chi connectivity index (χ3n) is 4.84. The molecule has 0 spiro atoms. The Labute approximate surface area is 183 Å². The Balaban J connectivity index is 1.78. The van der Waals surface area contributed by atoms with Crippen LogP contribution in [0.15, 0.2) is 76.7 Å². The molecule has 0 amide bonds. The van der Waals surface area contributed by atoms with Crippen LogP contribution in [-0.2, 0) is 0 Å². The van der Waals surface area contributed by atoms with Crippen LogP contribution in [0.3, 0.4) is 0 Å². The zero-order valence-electron chi connectivity index (χ0n) is 16.6. The smallest absolute Gasteiger partial charge is 0.266 e. The number of thioether (sulfide) groups is 1. The van der Waals surface area contributed by atoms with Crippen molar-refractivity contribution in [2.24, 2.45) is 0 Å². The molecule has 0 N–H and O–H groups in total. The van der Waals surface area contributed by atoms with E-state index in [9.17, 15) is 9.59 Å². The number of fused-ring (bicyclic) bond motifs is 1. The highest BCUT2D eigenvalue weighted by molar-refractivity contribution is 7.99. The molecule has 0 aliphatic carbocycles. The molecule has 4 rings (SSSR count). The number of aromatic nitrogens is 2. The lowest BCUT2D eigenvalue weighted by Crippen LogP contribution is -2.22. The molecule has 30 heavy (non-hydrogen) atoms. The van der Waals surface area contributed by atoms with E-state index in [0.717, 1.165) is 11.1 Å². The standard InChI is InChI=1S/C24H19ClN2O2S/c1-15-10-11-16(2)20(12-15)22(28)14-30-24-26-21-9-4-3-8-19(21)23(29)27(24)18-7-5-6-17(25)13-18/h3-13H,14H2,1-2H3. The maximum Gasteiger partial charge on any atom is 0.266 e. The lowest BCUT2D eigenvalue weighted by molar-refractivity contribution is 0.102. The first kappa shape index (κ1) is 20.4. The van der Waals surface area contributed by atoms with Crippen LogP contribution in [0.5, 0.6) is 0 Å². The number of benzene rings is 3. The van der Waals surface area contributed by atoms with Crippen molar-refractivity contribution in [3.8, 4) is 5.69 Å². The van der Waals surface area contributed by atoms with Crippen molar-refractivity contribution >= 4 is 40.0 Å². The topological polar surface area (TPSA) is 52.0 Å². The van der Waals surface area contributed by atoms with Gasteiger partial charge < -0.3 is 0 Å². The number of Topliss-reactive ketones (excluding diaryl/α,β-unsaturated/α-hetero) is 1. The molecule has 0 radical (unpaired) electrons. The van der Waals surface area contributed by atoms with E-state index < -0.39 is 0 Å². The number of carbonyl (C=O) groups is 1. The molecular formula is C24H19ClN2O2S. The zero-order valence-corrected chi connectivity index (χ0v) is 18.1. The molecule has 4 aromatic rings. The number of aryl methyl sites for hydroxylation is 2. The average Bonchev–Trinajstić information content (AvgIpc) is 2.74. The average molecular weight is 435 g/mol. The van der Waals surface area contributed by atoms with E-state index in [1.807, 2.05) is 44.2 Å². The van der Waals surface area contributed by atoms with Gasteiger partial charge in [-0.2, -0.15) is 0 Å². The van der Waals surface area contributed by atoms with Gasteiger partial charge in [0.15, 0.2) is 10.9 Å². The summed E-state index contributed by atoms with van der Waals surface area (Å²) < 4.78 is 1.52. The largest absolute Gasteiger partial charge is 0.293 e. The van der Waals surface area contributed by atoms with Gasteiger partial charge in [0.05, 0.1) is 22.3 Å². The number of nitrogens with zero attached hydrogens (tertiary/aromatic N) is 2. The summed E-state index contributed by atoms with van der Waals surface area (Å²) in [5.74, 6) is 0.177. The molecule has 0 saturated heterocycles. The third kappa shape index (κ3) is 4.04. The zero-order chi connectivity index (χ0) is 21.3. The predicted octanol–water partition coefficient (Wildman–Crippen LogP) is 5.63. The Bertz CT molecular complexity index is 1330. The van der Waals surface area contributed by atoms with Gasteiger partial charge in [-0.1, -0.05) is 59.3 Å². The molecule has 1 aromatic heterocycles. The first-order valence-corrected chi connectivity index (χ1v) is 10.8. The van der Waals surface area contributed by atoms with Crippen molar-refractivity contribution in [1.29, 1.82) is 0 Å². The molecule has 6 heteroatoms. The van der Waals surface area contributed by atoms with Crippen LogP contribution >= 0.6 is 23.4 Å². The van der Waals surface area contributed by atoms with Crippen LogP contribution in [0.25, 0.3) is 16.6 Å². The molecule has 0 aliphatic rings. The molecule has 1 heterocycles. The van der Waals surface area contributed by atoms with Gasteiger partial charge in [-0.15, -0.1) is 0 Å². The lowest BCUT2D eigenvalue weighted by atomic mass is 10.0. The monoisotopic (exact) mass is 434 g/mol. The molecule has 4 nitrogen and oxygen atoms in total. The molecule has 0 fully saturated rings. The Morgan fingerprint density at radius 2 is 1.83 bits per heavy atom. The van der Waals surface area contributed by atoms with Gasteiger partial charge in [0.1, 0.15) is 0 Å². The van der Waals surface area contributed by atoms with Crippen molar-refractivity contribution in [3.05, 3.63) is 98.8 Å². The quantitative estimate of drug-likeness (QED) is 0.232. The number of hydrogen-bond donors (Lipinski definition) is 0. The number of rotatable bonds is 5. The minimum absolute atomic E-state index is 0.00116. The highest BCUT2D eigenvalue weighted by atomic mass is 35.5. The summed E-state index contributed by atoms with van der Waals surface area (Å²) in [6.45, 7) is 3.89. The molecule has 3 aromatic carbocycles. The van der Waals surface area contributed by atoms with Gasteiger partial charge in [-0.25, -0.2) is 4.98 Å². The van der Waals surface area contributed by atoms with E-state index >= 15 is 0 Å². The van der Waals surface area contributed by atoms with Gasteiger partial charge in [0, 0.05) is 10.6 Å². The molecular weight excluding hydrogens is 416 g/mol. The molecule has 0 bridgehead atoms. The maximum absolute atomic E-state index is 13.3. The fourth-order valence-electron chi connectivity index (χ4n) is 3.30. The van der Waals surface area contributed by atoms with E-state index in [-0.39, 0.29) is 17.1 Å². The van der Waals surface area contributed by atoms with E-state index in [1.54, 1.807) is 36.4 Å². The first-order chi connectivity index (χ1) is 14.4. The van der Waals surface area contributed by atoms with Gasteiger partial charge >= 0.3 is 0 Å². The van der Waals surface area contributed by atoms with Crippen molar-refractivity contribution in [2.75, 3.05) is 5.75 Å². The minimum atomic E-state index is -0.190. The Kier molecular flexibility index (Phi) is 5.75. The highest BCUT2D eigenvalue weighted by Crippen LogP contribution is 2.24. The van der Waals surface area contributed by atoms with Gasteiger partial charge in [0.25, 0.3) is 5.56 Å².